The van der Waals surface area contributed by atoms with Crippen molar-refractivity contribution in [1.29, 1.82) is 0 Å². The van der Waals surface area contributed by atoms with Crippen molar-refractivity contribution in [2.45, 2.75) is 32.1 Å². The van der Waals surface area contributed by atoms with Gasteiger partial charge in [-0.05, 0) is 25.2 Å². The molecule has 0 bridgehead atoms. The van der Waals surface area contributed by atoms with Crippen LogP contribution in [0.1, 0.15) is 32.1 Å². The first-order chi connectivity index (χ1) is 13.0. The Morgan fingerprint density at radius 1 is 1.21 bits per heavy atom. The first-order valence-corrected chi connectivity index (χ1v) is 10.5. The third-order valence-electron chi connectivity index (χ3n) is 6.42. The van der Waals surface area contributed by atoms with Crippen LogP contribution < -0.4 is 5.32 Å². The number of carbonyl (C=O) groups is 1. The van der Waals surface area contributed by atoms with Gasteiger partial charge in [0.25, 0.3) is 0 Å². The van der Waals surface area contributed by atoms with Crippen molar-refractivity contribution in [2.75, 3.05) is 73.6 Å². The molecule has 0 aromatic heterocycles. The number of morpholine rings is 1. The van der Waals surface area contributed by atoms with Crippen molar-refractivity contribution in [2.24, 2.45) is 16.3 Å². The zero-order valence-electron chi connectivity index (χ0n) is 17.8. The lowest BCUT2D eigenvalue weighted by atomic mass is 9.84. The van der Waals surface area contributed by atoms with E-state index in [2.05, 4.69) is 20.1 Å². The molecule has 0 aromatic carbocycles. The highest BCUT2D eigenvalue weighted by Gasteiger charge is 2.42. The SMILES string of the molecule is CN=C(NCC1(C(=O)N(C)C)CCCC1)N1CCC(CN2CCOCC2)C1.I. The molecule has 3 fully saturated rings. The van der Waals surface area contributed by atoms with E-state index in [-0.39, 0.29) is 35.3 Å². The van der Waals surface area contributed by atoms with Gasteiger partial charge in [0.05, 0.1) is 18.6 Å². The van der Waals surface area contributed by atoms with E-state index < -0.39 is 0 Å². The van der Waals surface area contributed by atoms with E-state index in [0.717, 1.165) is 77.6 Å². The van der Waals surface area contributed by atoms with Gasteiger partial charge in [-0.3, -0.25) is 14.7 Å². The standard InChI is InChI=1S/C20H37N5O2.HI/c1-21-19(22-16-20(7-4-5-8-20)18(26)23(2)3)25-9-6-17(15-25)14-24-10-12-27-13-11-24;/h17H,4-16H2,1-3H3,(H,21,22);1H. The molecule has 28 heavy (non-hydrogen) atoms. The van der Waals surface area contributed by atoms with E-state index in [1.54, 1.807) is 4.90 Å². The maximum absolute atomic E-state index is 12.8. The summed E-state index contributed by atoms with van der Waals surface area (Å²) in [7, 11) is 5.59. The number of ether oxygens (including phenoxy) is 1. The average Bonchev–Trinajstić information content (AvgIpc) is 3.33. The average molecular weight is 507 g/mol. The smallest absolute Gasteiger partial charge is 0.230 e. The van der Waals surface area contributed by atoms with E-state index in [4.69, 9.17) is 4.74 Å². The summed E-state index contributed by atoms with van der Waals surface area (Å²) in [6.45, 7) is 7.77. The zero-order valence-corrected chi connectivity index (χ0v) is 20.1. The molecule has 1 N–H and O–H groups in total. The summed E-state index contributed by atoms with van der Waals surface area (Å²) in [5, 5.41) is 3.55. The number of hydrogen-bond acceptors (Lipinski definition) is 4. The summed E-state index contributed by atoms with van der Waals surface area (Å²) in [5.74, 6) is 1.90. The van der Waals surface area contributed by atoms with Crippen LogP contribution in [-0.4, -0.2) is 100 Å². The summed E-state index contributed by atoms with van der Waals surface area (Å²) in [4.78, 5) is 23.9. The van der Waals surface area contributed by atoms with Crippen molar-refractivity contribution < 1.29 is 9.53 Å². The topological polar surface area (TPSA) is 60.4 Å². The first-order valence-electron chi connectivity index (χ1n) is 10.5. The lowest BCUT2D eigenvalue weighted by Gasteiger charge is -2.33. The molecule has 3 aliphatic rings. The van der Waals surface area contributed by atoms with Gasteiger partial charge in [-0.25, -0.2) is 0 Å². The van der Waals surface area contributed by atoms with E-state index in [0.29, 0.717) is 12.5 Å². The second kappa shape index (κ2) is 11.0. The highest BCUT2D eigenvalue weighted by atomic mass is 127. The Balaban J connectivity index is 0.00000280. The quantitative estimate of drug-likeness (QED) is 0.347. The Labute approximate surface area is 187 Å². The number of nitrogens with zero attached hydrogens (tertiary/aromatic N) is 4. The Morgan fingerprint density at radius 2 is 1.89 bits per heavy atom. The molecule has 0 radical (unpaired) electrons. The number of nitrogens with one attached hydrogen (secondary N) is 1. The van der Waals surface area contributed by atoms with Gasteiger partial charge < -0.3 is 19.9 Å². The molecule has 2 heterocycles. The van der Waals surface area contributed by atoms with Crippen LogP contribution in [0.2, 0.25) is 0 Å². The van der Waals surface area contributed by atoms with Gasteiger partial charge in [0, 0.05) is 60.4 Å². The second-order valence-corrected chi connectivity index (χ2v) is 8.60. The van der Waals surface area contributed by atoms with Gasteiger partial charge in [-0.2, -0.15) is 0 Å². The zero-order chi connectivity index (χ0) is 19.3. The van der Waals surface area contributed by atoms with Crippen LogP contribution in [0.3, 0.4) is 0 Å². The Morgan fingerprint density at radius 3 is 2.50 bits per heavy atom. The van der Waals surface area contributed by atoms with Gasteiger partial charge in [0.15, 0.2) is 5.96 Å². The molecule has 1 amide bonds. The predicted octanol–water partition coefficient (Wildman–Crippen LogP) is 1.48. The normalized spacial score (nSPS) is 25.5. The van der Waals surface area contributed by atoms with Crippen LogP contribution >= 0.6 is 24.0 Å². The van der Waals surface area contributed by atoms with E-state index >= 15 is 0 Å². The third kappa shape index (κ3) is 5.72. The Hall–Kier alpha value is -0.610. The summed E-state index contributed by atoms with van der Waals surface area (Å²) in [6.07, 6.45) is 5.46. The fourth-order valence-electron chi connectivity index (χ4n) is 4.90. The minimum Gasteiger partial charge on any atom is -0.379 e. The number of halogens is 1. The van der Waals surface area contributed by atoms with E-state index in [9.17, 15) is 4.79 Å². The highest BCUT2D eigenvalue weighted by Crippen LogP contribution is 2.39. The molecule has 1 saturated carbocycles. The number of rotatable bonds is 5. The summed E-state index contributed by atoms with van der Waals surface area (Å²) in [6, 6.07) is 0. The van der Waals surface area contributed by atoms with Crippen molar-refractivity contribution in [3.8, 4) is 0 Å². The molecule has 0 spiro atoms. The van der Waals surface area contributed by atoms with Gasteiger partial charge in [-0.1, -0.05) is 12.8 Å². The summed E-state index contributed by atoms with van der Waals surface area (Å²) >= 11 is 0. The summed E-state index contributed by atoms with van der Waals surface area (Å²) in [5.41, 5.74) is -0.258. The van der Waals surface area contributed by atoms with Crippen LogP contribution in [0.4, 0.5) is 0 Å². The van der Waals surface area contributed by atoms with E-state index in [1.165, 1.54) is 6.42 Å². The lowest BCUT2D eigenvalue weighted by Crippen LogP contribution is -2.50. The monoisotopic (exact) mass is 507 g/mol. The number of hydrogen-bond donors (Lipinski definition) is 1. The molecule has 1 unspecified atom stereocenters. The second-order valence-electron chi connectivity index (χ2n) is 8.60. The Bertz CT molecular complexity index is 531. The van der Waals surface area contributed by atoms with Crippen molar-refractivity contribution in [3.05, 3.63) is 0 Å². The van der Waals surface area contributed by atoms with Crippen LogP contribution in [0.5, 0.6) is 0 Å². The first kappa shape index (κ1) is 23.7. The summed E-state index contributed by atoms with van der Waals surface area (Å²) < 4.78 is 5.45. The Kier molecular flexibility index (Phi) is 9.27. The molecule has 7 nitrogen and oxygen atoms in total. The lowest BCUT2D eigenvalue weighted by molar-refractivity contribution is -0.138. The fraction of sp³-hybridized carbons (Fsp3) is 0.900. The van der Waals surface area contributed by atoms with E-state index in [1.807, 2.05) is 21.1 Å². The van der Waals surface area contributed by atoms with Crippen LogP contribution in [0.25, 0.3) is 0 Å². The third-order valence-corrected chi connectivity index (χ3v) is 6.42. The number of amides is 1. The molecule has 1 aliphatic carbocycles. The van der Waals surface area contributed by atoms with Gasteiger partial charge in [-0.15, -0.1) is 24.0 Å². The van der Waals surface area contributed by atoms with Crippen LogP contribution in [-0.2, 0) is 9.53 Å². The molecular weight excluding hydrogens is 469 g/mol. The molecule has 3 rings (SSSR count). The maximum atomic E-state index is 12.8. The maximum Gasteiger partial charge on any atom is 0.230 e. The van der Waals surface area contributed by atoms with Gasteiger partial charge in [0.1, 0.15) is 0 Å². The number of likely N-dealkylation sites (tertiary alicyclic amines) is 1. The molecule has 2 saturated heterocycles. The van der Waals surface area contributed by atoms with Gasteiger partial charge in [0.2, 0.25) is 5.91 Å². The molecule has 2 aliphatic heterocycles. The fourth-order valence-corrected chi connectivity index (χ4v) is 4.90. The van der Waals surface area contributed by atoms with Crippen molar-refractivity contribution in [1.82, 2.24) is 20.0 Å². The number of guanidine groups is 1. The number of aliphatic imine (C=N–C) groups is 1. The van der Waals surface area contributed by atoms with Crippen molar-refractivity contribution in [3.63, 3.8) is 0 Å². The molecule has 8 heteroatoms. The molecular formula is C20H38IN5O2. The minimum atomic E-state index is -0.258. The number of carbonyl (C=O) groups excluding carboxylic acids is 1. The predicted molar refractivity (Wildman–Crippen MR) is 123 cm³/mol. The minimum absolute atomic E-state index is 0. The molecule has 1 atom stereocenters. The molecule has 0 aromatic rings. The van der Waals surface area contributed by atoms with Crippen molar-refractivity contribution >= 4 is 35.8 Å². The van der Waals surface area contributed by atoms with Gasteiger partial charge >= 0.3 is 0 Å². The van der Waals surface area contributed by atoms with Crippen LogP contribution in [0.15, 0.2) is 4.99 Å². The highest BCUT2D eigenvalue weighted by molar-refractivity contribution is 14.0. The largest absolute Gasteiger partial charge is 0.379 e. The molecule has 162 valence electrons. The van der Waals surface area contributed by atoms with Crippen LogP contribution in [0, 0.1) is 11.3 Å².